The quantitative estimate of drug-likeness (QED) is 0.292. The Bertz CT molecular complexity index is 710. The summed E-state index contributed by atoms with van der Waals surface area (Å²) >= 11 is 0. The SMILES string of the molecule is ON=C(CCCc1ccccc1)c1ccc(OCCCN2CCOCC2)cc1. The van der Waals surface area contributed by atoms with Crippen molar-refractivity contribution in [1.29, 1.82) is 0 Å². The largest absolute Gasteiger partial charge is 0.494 e. The molecule has 28 heavy (non-hydrogen) atoms. The van der Waals surface area contributed by atoms with Crippen molar-refractivity contribution >= 4 is 5.71 Å². The molecule has 0 unspecified atom stereocenters. The summed E-state index contributed by atoms with van der Waals surface area (Å²) < 4.78 is 11.2. The van der Waals surface area contributed by atoms with E-state index in [4.69, 9.17) is 9.47 Å². The Balaban J connectivity index is 1.39. The fourth-order valence-electron chi connectivity index (χ4n) is 3.40. The van der Waals surface area contributed by atoms with E-state index in [-0.39, 0.29) is 0 Å². The first-order valence-corrected chi connectivity index (χ1v) is 10.1. The summed E-state index contributed by atoms with van der Waals surface area (Å²) in [5.41, 5.74) is 2.96. The molecule has 1 aliphatic rings. The number of nitrogens with zero attached hydrogens (tertiary/aromatic N) is 2. The molecular weight excluding hydrogens is 352 g/mol. The van der Waals surface area contributed by atoms with Gasteiger partial charge in [0.25, 0.3) is 0 Å². The Morgan fingerprint density at radius 1 is 1.00 bits per heavy atom. The van der Waals surface area contributed by atoms with E-state index >= 15 is 0 Å². The fraction of sp³-hybridized carbons (Fsp3) is 0.435. The van der Waals surface area contributed by atoms with Crippen LogP contribution >= 0.6 is 0 Å². The normalized spacial score (nSPS) is 15.5. The molecule has 1 heterocycles. The van der Waals surface area contributed by atoms with Gasteiger partial charge in [0, 0.05) is 19.6 Å². The van der Waals surface area contributed by atoms with Gasteiger partial charge in [-0.15, -0.1) is 0 Å². The van der Waals surface area contributed by atoms with Gasteiger partial charge in [0.2, 0.25) is 0 Å². The van der Waals surface area contributed by atoms with Crippen LogP contribution in [0, 0.1) is 0 Å². The average Bonchev–Trinajstić information content (AvgIpc) is 2.76. The highest BCUT2D eigenvalue weighted by Crippen LogP contribution is 2.16. The molecule has 0 saturated carbocycles. The monoisotopic (exact) mass is 382 g/mol. The average molecular weight is 383 g/mol. The van der Waals surface area contributed by atoms with E-state index in [1.165, 1.54) is 5.56 Å². The van der Waals surface area contributed by atoms with Crippen LogP contribution in [-0.4, -0.2) is 55.3 Å². The van der Waals surface area contributed by atoms with Crippen LogP contribution in [0.2, 0.25) is 0 Å². The maximum absolute atomic E-state index is 9.39. The van der Waals surface area contributed by atoms with Crippen LogP contribution in [0.15, 0.2) is 59.8 Å². The van der Waals surface area contributed by atoms with E-state index in [0.29, 0.717) is 6.61 Å². The number of morpholine rings is 1. The van der Waals surface area contributed by atoms with Crippen molar-refractivity contribution in [2.45, 2.75) is 25.7 Å². The van der Waals surface area contributed by atoms with Crippen LogP contribution in [0.1, 0.15) is 30.4 Å². The van der Waals surface area contributed by atoms with Crippen LogP contribution in [0.25, 0.3) is 0 Å². The zero-order valence-corrected chi connectivity index (χ0v) is 16.4. The summed E-state index contributed by atoms with van der Waals surface area (Å²) in [6.45, 7) is 5.45. The first-order valence-electron chi connectivity index (χ1n) is 10.1. The third-order valence-electron chi connectivity index (χ3n) is 5.02. The number of benzene rings is 2. The molecule has 3 rings (SSSR count). The molecule has 0 amide bonds. The van der Waals surface area contributed by atoms with E-state index in [1.54, 1.807) is 0 Å². The summed E-state index contributed by atoms with van der Waals surface area (Å²) in [5.74, 6) is 0.854. The maximum atomic E-state index is 9.39. The fourth-order valence-corrected chi connectivity index (χ4v) is 3.40. The predicted octanol–water partition coefficient (Wildman–Crippen LogP) is 3.99. The number of hydrogen-bond acceptors (Lipinski definition) is 5. The molecule has 0 atom stereocenters. The van der Waals surface area contributed by atoms with Crippen molar-refractivity contribution in [3.63, 3.8) is 0 Å². The van der Waals surface area contributed by atoms with Crippen LogP contribution < -0.4 is 4.74 Å². The molecule has 0 bridgehead atoms. The van der Waals surface area contributed by atoms with Gasteiger partial charge in [-0.1, -0.05) is 35.5 Å². The Kier molecular flexibility index (Phi) is 8.34. The molecule has 0 spiro atoms. The Morgan fingerprint density at radius 2 is 1.75 bits per heavy atom. The zero-order chi connectivity index (χ0) is 19.4. The van der Waals surface area contributed by atoms with Crippen molar-refractivity contribution in [1.82, 2.24) is 4.90 Å². The summed E-state index contributed by atoms with van der Waals surface area (Å²) in [7, 11) is 0. The van der Waals surface area contributed by atoms with Gasteiger partial charge < -0.3 is 14.7 Å². The minimum Gasteiger partial charge on any atom is -0.494 e. The number of rotatable bonds is 10. The second-order valence-electron chi connectivity index (χ2n) is 7.07. The summed E-state index contributed by atoms with van der Waals surface area (Å²) in [6.07, 6.45) is 3.67. The molecule has 1 saturated heterocycles. The number of hydrogen-bond donors (Lipinski definition) is 1. The van der Waals surface area contributed by atoms with Gasteiger partial charge in [-0.25, -0.2) is 0 Å². The first-order chi connectivity index (χ1) is 13.8. The van der Waals surface area contributed by atoms with Gasteiger partial charge in [-0.3, -0.25) is 4.90 Å². The second kappa shape index (κ2) is 11.5. The zero-order valence-electron chi connectivity index (χ0n) is 16.4. The van der Waals surface area contributed by atoms with E-state index in [0.717, 1.165) is 75.6 Å². The topological polar surface area (TPSA) is 54.3 Å². The van der Waals surface area contributed by atoms with Crippen molar-refractivity contribution in [2.24, 2.45) is 5.16 Å². The van der Waals surface area contributed by atoms with Gasteiger partial charge in [-0.2, -0.15) is 0 Å². The summed E-state index contributed by atoms with van der Waals surface area (Å²) in [5, 5.41) is 12.9. The highest BCUT2D eigenvalue weighted by molar-refractivity contribution is 6.00. The molecule has 150 valence electrons. The standard InChI is InChI=1S/C23H30N2O3/c26-24-23(9-4-8-20-6-2-1-3-7-20)21-10-12-22(13-11-21)28-17-5-14-25-15-18-27-19-16-25/h1-3,6-7,10-13,26H,4-5,8-9,14-19H2. The highest BCUT2D eigenvalue weighted by Gasteiger charge is 2.09. The van der Waals surface area contributed by atoms with Crippen LogP contribution in [0.4, 0.5) is 0 Å². The van der Waals surface area contributed by atoms with Gasteiger partial charge in [0.1, 0.15) is 5.75 Å². The molecule has 5 nitrogen and oxygen atoms in total. The van der Waals surface area contributed by atoms with Gasteiger partial charge in [-0.05, 0) is 61.1 Å². The lowest BCUT2D eigenvalue weighted by Gasteiger charge is -2.26. The van der Waals surface area contributed by atoms with E-state index in [1.807, 2.05) is 30.3 Å². The molecule has 2 aromatic carbocycles. The van der Waals surface area contributed by atoms with Crippen LogP contribution in [-0.2, 0) is 11.2 Å². The lowest BCUT2D eigenvalue weighted by molar-refractivity contribution is 0.0358. The Labute approximate surface area is 167 Å². The molecular formula is C23H30N2O3. The van der Waals surface area contributed by atoms with Crippen molar-refractivity contribution in [3.8, 4) is 5.75 Å². The molecule has 2 aromatic rings. The number of oxime groups is 1. The third kappa shape index (κ3) is 6.66. The third-order valence-corrected chi connectivity index (χ3v) is 5.02. The molecule has 1 N–H and O–H groups in total. The molecule has 1 fully saturated rings. The van der Waals surface area contributed by atoms with Gasteiger partial charge in [0.05, 0.1) is 25.5 Å². The minimum absolute atomic E-state index is 0.703. The molecule has 0 aromatic heterocycles. The number of aryl methyl sites for hydroxylation is 1. The van der Waals surface area contributed by atoms with Gasteiger partial charge in [0.15, 0.2) is 0 Å². The predicted molar refractivity (Wildman–Crippen MR) is 112 cm³/mol. The lowest BCUT2D eigenvalue weighted by Crippen LogP contribution is -2.37. The number of ether oxygens (including phenoxy) is 2. The molecule has 0 aliphatic carbocycles. The van der Waals surface area contributed by atoms with E-state index < -0.39 is 0 Å². The minimum atomic E-state index is 0.703. The highest BCUT2D eigenvalue weighted by atomic mass is 16.5. The Morgan fingerprint density at radius 3 is 2.46 bits per heavy atom. The smallest absolute Gasteiger partial charge is 0.119 e. The van der Waals surface area contributed by atoms with Crippen molar-refractivity contribution < 1.29 is 14.7 Å². The summed E-state index contributed by atoms with van der Waals surface area (Å²) in [6, 6.07) is 18.2. The lowest BCUT2D eigenvalue weighted by atomic mass is 10.0. The van der Waals surface area contributed by atoms with Crippen LogP contribution in [0.5, 0.6) is 5.75 Å². The Hall–Kier alpha value is -2.37. The second-order valence-corrected chi connectivity index (χ2v) is 7.07. The van der Waals surface area contributed by atoms with Crippen LogP contribution in [0.3, 0.4) is 0 Å². The van der Waals surface area contributed by atoms with Gasteiger partial charge >= 0.3 is 0 Å². The summed E-state index contributed by atoms with van der Waals surface area (Å²) in [4.78, 5) is 2.41. The molecule has 1 aliphatic heterocycles. The van der Waals surface area contributed by atoms with Crippen molar-refractivity contribution in [2.75, 3.05) is 39.5 Å². The van der Waals surface area contributed by atoms with E-state index in [9.17, 15) is 5.21 Å². The molecule has 0 radical (unpaired) electrons. The van der Waals surface area contributed by atoms with Crippen molar-refractivity contribution in [3.05, 3.63) is 65.7 Å². The first kappa shape index (κ1) is 20.4. The maximum Gasteiger partial charge on any atom is 0.119 e. The van der Waals surface area contributed by atoms with E-state index in [2.05, 4.69) is 34.3 Å². The molecule has 5 heteroatoms.